The lowest BCUT2D eigenvalue weighted by atomic mass is 9.97. The molecule has 1 fully saturated rings. The fourth-order valence-corrected chi connectivity index (χ4v) is 3.50. The minimum Gasteiger partial charge on any atom is -0.357 e. The van der Waals surface area contributed by atoms with Crippen LogP contribution in [0.2, 0.25) is 0 Å². The van der Waals surface area contributed by atoms with E-state index in [9.17, 15) is 0 Å². The summed E-state index contributed by atoms with van der Waals surface area (Å²) in [7, 11) is 0. The second-order valence-corrected chi connectivity index (χ2v) is 6.98. The minimum atomic E-state index is 0.733. The van der Waals surface area contributed by atoms with Gasteiger partial charge in [-0.3, -0.25) is 9.89 Å². The Balaban J connectivity index is 1.71. The average Bonchev–Trinajstić information content (AvgIpc) is 3.04. The molecule has 1 aliphatic rings. The second-order valence-electron chi connectivity index (χ2n) is 5.95. The standard InChI is InChI=1S/C17H30N4S/c1-3-9-19-17(18-4-2)20-13-15-7-10-21(11-8-15)14-16-6-5-12-22-16/h5-6,12,15H,3-4,7-11,13-14H2,1-2H3,(H2,18,19,20). The number of piperidine rings is 1. The van der Waals surface area contributed by atoms with Crippen LogP contribution in [0, 0.1) is 5.92 Å². The van der Waals surface area contributed by atoms with Gasteiger partial charge in [-0.1, -0.05) is 13.0 Å². The highest BCUT2D eigenvalue weighted by Gasteiger charge is 2.19. The number of nitrogens with one attached hydrogen (secondary N) is 2. The summed E-state index contributed by atoms with van der Waals surface area (Å²) in [4.78, 5) is 8.81. The van der Waals surface area contributed by atoms with Crippen molar-refractivity contribution < 1.29 is 0 Å². The third-order valence-corrected chi connectivity index (χ3v) is 4.92. The van der Waals surface area contributed by atoms with Crippen molar-refractivity contribution in [3.63, 3.8) is 0 Å². The molecule has 0 unspecified atom stereocenters. The van der Waals surface area contributed by atoms with Crippen LogP contribution >= 0.6 is 11.3 Å². The van der Waals surface area contributed by atoms with Gasteiger partial charge in [0, 0.05) is 31.1 Å². The molecule has 0 atom stereocenters. The van der Waals surface area contributed by atoms with Gasteiger partial charge >= 0.3 is 0 Å². The highest BCUT2D eigenvalue weighted by atomic mass is 32.1. The molecule has 2 N–H and O–H groups in total. The SMILES string of the molecule is CCCNC(=NCC1CCN(Cc2cccs2)CC1)NCC. The van der Waals surface area contributed by atoms with Gasteiger partial charge in [0.2, 0.25) is 0 Å². The van der Waals surface area contributed by atoms with Crippen molar-refractivity contribution >= 4 is 17.3 Å². The van der Waals surface area contributed by atoms with Crippen LogP contribution in [0.1, 0.15) is 38.0 Å². The third kappa shape index (κ3) is 5.97. The van der Waals surface area contributed by atoms with Gasteiger partial charge in [-0.05, 0) is 56.6 Å². The predicted molar refractivity (Wildman–Crippen MR) is 96.6 cm³/mol. The van der Waals surface area contributed by atoms with E-state index in [0.29, 0.717) is 0 Å². The molecule has 4 nitrogen and oxygen atoms in total. The minimum absolute atomic E-state index is 0.733. The summed E-state index contributed by atoms with van der Waals surface area (Å²) < 4.78 is 0. The van der Waals surface area contributed by atoms with E-state index in [0.717, 1.165) is 44.5 Å². The molecule has 2 heterocycles. The Morgan fingerprint density at radius 3 is 2.77 bits per heavy atom. The predicted octanol–water partition coefficient (Wildman–Crippen LogP) is 2.93. The molecule has 22 heavy (non-hydrogen) atoms. The van der Waals surface area contributed by atoms with E-state index < -0.39 is 0 Å². The van der Waals surface area contributed by atoms with Crippen molar-refractivity contribution in [3.05, 3.63) is 22.4 Å². The van der Waals surface area contributed by atoms with Gasteiger partial charge in [-0.2, -0.15) is 0 Å². The Morgan fingerprint density at radius 1 is 1.32 bits per heavy atom. The number of aliphatic imine (C=N–C) groups is 1. The molecular formula is C17H30N4S. The molecule has 124 valence electrons. The molecule has 0 saturated carbocycles. The molecule has 0 amide bonds. The summed E-state index contributed by atoms with van der Waals surface area (Å²) in [5, 5.41) is 8.87. The highest BCUT2D eigenvalue weighted by Crippen LogP contribution is 2.20. The van der Waals surface area contributed by atoms with Crippen molar-refractivity contribution in [1.82, 2.24) is 15.5 Å². The maximum Gasteiger partial charge on any atom is 0.191 e. The monoisotopic (exact) mass is 322 g/mol. The lowest BCUT2D eigenvalue weighted by molar-refractivity contribution is 0.182. The lowest BCUT2D eigenvalue weighted by Gasteiger charge is -2.31. The maximum atomic E-state index is 4.75. The van der Waals surface area contributed by atoms with Crippen LogP contribution in [0.4, 0.5) is 0 Å². The van der Waals surface area contributed by atoms with Gasteiger partial charge in [0.1, 0.15) is 0 Å². The fraction of sp³-hybridized carbons (Fsp3) is 0.706. The number of likely N-dealkylation sites (tertiary alicyclic amines) is 1. The van der Waals surface area contributed by atoms with Crippen molar-refractivity contribution in [1.29, 1.82) is 0 Å². The zero-order chi connectivity index (χ0) is 15.6. The Hall–Kier alpha value is -1.07. The first-order chi connectivity index (χ1) is 10.8. The lowest BCUT2D eigenvalue weighted by Crippen LogP contribution is -2.39. The average molecular weight is 323 g/mol. The normalized spacial score (nSPS) is 17.6. The zero-order valence-corrected chi connectivity index (χ0v) is 14.8. The topological polar surface area (TPSA) is 39.7 Å². The van der Waals surface area contributed by atoms with Crippen molar-refractivity contribution in [3.8, 4) is 0 Å². The number of hydrogen-bond donors (Lipinski definition) is 2. The molecular weight excluding hydrogens is 292 g/mol. The second kappa shape index (κ2) is 9.85. The van der Waals surface area contributed by atoms with Crippen LogP contribution in [0.15, 0.2) is 22.5 Å². The first-order valence-electron chi connectivity index (χ1n) is 8.58. The van der Waals surface area contributed by atoms with Gasteiger partial charge in [-0.25, -0.2) is 0 Å². The largest absolute Gasteiger partial charge is 0.357 e. The number of nitrogens with zero attached hydrogens (tertiary/aromatic N) is 2. The number of hydrogen-bond acceptors (Lipinski definition) is 3. The Bertz CT molecular complexity index is 422. The van der Waals surface area contributed by atoms with Crippen LogP contribution in [0.25, 0.3) is 0 Å². The summed E-state index contributed by atoms with van der Waals surface area (Å²) in [6.45, 7) is 10.7. The molecule has 1 saturated heterocycles. The molecule has 1 aromatic rings. The van der Waals surface area contributed by atoms with Crippen LogP contribution in [0.3, 0.4) is 0 Å². The van der Waals surface area contributed by atoms with Crippen molar-refractivity contribution in [2.24, 2.45) is 10.9 Å². The van der Waals surface area contributed by atoms with Gasteiger partial charge in [0.15, 0.2) is 5.96 Å². The van der Waals surface area contributed by atoms with Gasteiger partial charge in [-0.15, -0.1) is 11.3 Å². The summed E-state index contributed by atoms with van der Waals surface area (Å²) in [5.41, 5.74) is 0. The summed E-state index contributed by atoms with van der Waals surface area (Å²) >= 11 is 1.86. The fourth-order valence-electron chi connectivity index (χ4n) is 2.76. The molecule has 0 spiro atoms. The van der Waals surface area contributed by atoms with E-state index in [4.69, 9.17) is 4.99 Å². The number of rotatable bonds is 7. The smallest absolute Gasteiger partial charge is 0.191 e. The van der Waals surface area contributed by atoms with Gasteiger partial charge in [0.25, 0.3) is 0 Å². The molecule has 0 bridgehead atoms. The van der Waals surface area contributed by atoms with Crippen LogP contribution in [0.5, 0.6) is 0 Å². The number of guanidine groups is 1. The van der Waals surface area contributed by atoms with Crippen LogP contribution < -0.4 is 10.6 Å². The van der Waals surface area contributed by atoms with Crippen molar-refractivity contribution in [2.75, 3.05) is 32.7 Å². The molecule has 2 rings (SSSR count). The Kier molecular flexibility index (Phi) is 7.74. The van der Waals surface area contributed by atoms with Crippen LogP contribution in [-0.2, 0) is 6.54 Å². The van der Waals surface area contributed by atoms with Gasteiger partial charge in [0.05, 0.1) is 0 Å². The van der Waals surface area contributed by atoms with E-state index in [1.165, 1.54) is 30.8 Å². The summed E-state index contributed by atoms with van der Waals surface area (Å²) in [6.07, 6.45) is 3.66. The number of thiophene rings is 1. The first-order valence-corrected chi connectivity index (χ1v) is 9.46. The van der Waals surface area contributed by atoms with E-state index in [-0.39, 0.29) is 0 Å². The molecule has 5 heteroatoms. The molecule has 0 aliphatic carbocycles. The zero-order valence-electron chi connectivity index (χ0n) is 14.0. The highest BCUT2D eigenvalue weighted by molar-refractivity contribution is 7.09. The molecule has 1 aliphatic heterocycles. The summed E-state index contributed by atoms with van der Waals surface area (Å²) in [6, 6.07) is 4.39. The first kappa shape index (κ1) is 17.3. The quantitative estimate of drug-likeness (QED) is 0.599. The van der Waals surface area contributed by atoms with E-state index in [1.807, 2.05) is 11.3 Å². The molecule has 0 aromatic carbocycles. The Labute approximate surface area is 139 Å². The van der Waals surface area contributed by atoms with Crippen LogP contribution in [-0.4, -0.2) is 43.6 Å². The van der Waals surface area contributed by atoms with E-state index >= 15 is 0 Å². The van der Waals surface area contributed by atoms with Crippen molar-refractivity contribution in [2.45, 2.75) is 39.7 Å². The van der Waals surface area contributed by atoms with Gasteiger partial charge < -0.3 is 10.6 Å². The molecule has 0 radical (unpaired) electrons. The van der Waals surface area contributed by atoms with E-state index in [2.05, 4.69) is 46.9 Å². The third-order valence-electron chi connectivity index (χ3n) is 4.06. The van der Waals surface area contributed by atoms with E-state index in [1.54, 1.807) is 0 Å². The molecule has 1 aromatic heterocycles. The summed E-state index contributed by atoms with van der Waals surface area (Å²) in [5.74, 6) is 1.71. The maximum absolute atomic E-state index is 4.75. The Morgan fingerprint density at radius 2 is 2.14 bits per heavy atom.